The van der Waals surface area contributed by atoms with Crippen LogP contribution in [0, 0.1) is 6.92 Å². The molecule has 0 saturated carbocycles. The Bertz CT molecular complexity index is 1010. The van der Waals surface area contributed by atoms with Gasteiger partial charge in [0.2, 0.25) is 0 Å². The number of carbonyl (C=O) groups excluding carboxylic acids is 1. The second kappa shape index (κ2) is 8.05. The first kappa shape index (κ1) is 18.7. The van der Waals surface area contributed by atoms with E-state index in [0.717, 1.165) is 10.3 Å². The predicted octanol–water partition coefficient (Wildman–Crippen LogP) is 3.93. The molecule has 0 fully saturated rings. The zero-order chi connectivity index (χ0) is 19.4. The highest BCUT2D eigenvalue weighted by Crippen LogP contribution is 2.37. The highest BCUT2D eigenvalue weighted by Gasteiger charge is 2.22. The molecule has 0 unspecified atom stereocenters. The van der Waals surface area contributed by atoms with Gasteiger partial charge in [0.25, 0.3) is 5.19 Å². The number of para-hydroxylation sites is 2. The molecule has 3 aromatic rings. The number of carbonyl (C=O) groups is 1. The first-order valence-electron chi connectivity index (χ1n) is 7.99. The molecule has 0 N–H and O–H groups in total. The van der Waals surface area contributed by atoms with E-state index < -0.39 is 5.97 Å². The average Bonchev–Trinajstić information content (AvgIpc) is 3.07. The lowest BCUT2D eigenvalue weighted by atomic mass is 10.1. The Balaban J connectivity index is 2.10. The molecule has 27 heavy (non-hydrogen) atoms. The molecule has 0 radical (unpaired) electrons. The van der Waals surface area contributed by atoms with Gasteiger partial charge in [0, 0.05) is 5.56 Å². The molecule has 0 spiro atoms. The van der Waals surface area contributed by atoms with Gasteiger partial charge in [-0.3, -0.25) is 0 Å². The predicted molar refractivity (Wildman–Crippen MR) is 103 cm³/mol. The Labute approximate surface area is 160 Å². The number of oxime groups is 1. The van der Waals surface area contributed by atoms with Crippen molar-refractivity contribution in [2.75, 3.05) is 21.3 Å². The van der Waals surface area contributed by atoms with Crippen LogP contribution in [-0.4, -0.2) is 38.0 Å². The number of benzene rings is 2. The first-order chi connectivity index (χ1) is 13.1. The minimum Gasteiger partial charge on any atom is -0.493 e. The van der Waals surface area contributed by atoms with E-state index in [0.29, 0.717) is 27.8 Å². The van der Waals surface area contributed by atoms with Crippen LogP contribution in [0.3, 0.4) is 0 Å². The van der Waals surface area contributed by atoms with Crippen LogP contribution in [0.15, 0.2) is 41.6 Å². The lowest BCUT2D eigenvalue weighted by molar-refractivity contribution is -0.132. The van der Waals surface area contributed by atoms with Gasteiger partial charge in [-0.15, -0.1) is 0 Å². The number of aromatic nitrogens is 1. The second-order valence-electron chi connectivity index (χ2n) is 5.51. The number of hydrogen-bond donors (Lipinski definition) is 0. The van der Waals surface area contributed by atoms with Crippen LogP contribution in [0.1, 0.15) is 11.1 Å². The molecule has 0 aliphatic carbocycles. The largest absolute Gasteiger partial charge is 0.493 e. The van der Waals surface area contributed by atoms with Gasteiger partial charge >= 0.3 is 5.97 Å². The van der Waals surface area contributed by atoms with Crippen molar-refractivity contribution in [2.24, 2.45) is 5.16 Å². The van der Waals surface area contributed by atoms with E-state index in [9.17, 15) is 4.79 Å². The van der Waals surface area contributed by atoms with Gasteiger partial charge in [-0.25, -0.2) is 9.78 Å². The molecule has 0 saturated heterocycles. The molecule has 0 amide bonds. The van der Waals surface area contributed by atoms with Crippen molar-refractivity contribution in [1.29, 1.82) is 0 Å². The maximum Gasteiger partial charge on any atom is 0.360 e. The molecular weight excluding hydrogens is 368 g/mol. The van der Waals surface area contributed by atoms with E-state index in [4.69, 9.17) is 19.0 Å². The number of nitrogens with zero attached hydrogens (tertiary/aromatic N) is 2. The first-order valence-corrected chi connectivity index (χ1v) is 8.81. The number of esters is 1. The normalized spacial score (nSPS) is 11.3. The summed E-state index contributed by atoms with van der Waals surface area (Å²) < 4.78 is 16.9. The second-order valence-corrected chi connectivity index (χ2v) is 6.50. The molecule has 1 heterocycles. The molecule has 8 heteroatoms. The van der Waals surface area contributed by atoms with Gasteiger partial charge in [-0.05, 0) is 36.8 Å². The molecule has 0 aliphatic heterocycles. The average molecular weight is 386 g/mol. The van der Waals surface area contributed by atoms with Gasteiger partial charge in [0.15, 0.2) is 17.2 Å². The summed E-state index contributed by atoms with van der Waals surface area (Å²) in [5, 5.41) is 4.24. The summed E-state index contributed by atoms with van der Waals surface area (Å²) in [5.74, 6) is 0.546. The van der Waals surface area contributed by atoms with Crippen molar-refractivity contribution < 1.29 is 23.8 Å². The topological polar surface area (TPSA) is 79.2 Å². The lowest BCUT2D eigenvalue weighted by Crippen LogP contribution is -2.18. The molecule has 0 aliphatic rings. The fraction of sp³-hybridized carbons (Fsp3) is 0.211. The molecular formula is C19H18N2O5S. The van der Waals surface area contributed by atoms with Crippen LogP contribution in [0.2, 0.25) is 0 Å². The van der Waals surface area contributed by atoms with E-state index in [-0.39, 0.29) is 5.71 Å². The third-order valence-electron chi connectivity index (χ3n) is 3.70. The number of methoxy groups -OCH3 is 2. The molecule has 3 rings (SSSR count). The van der Waals surface area contributed by atoms with Crippen molar-refractivity contribution >= 4 is 33.2 Å². The summed E-state index contributed by atoms with van der Waals surface area (Å²) in [6, 6.07) is 11.1. The number of aryl methyl sites for hydroxylation is 1. The van der Waals surface area contributed by atoms with Crippen molar-refractivity contribution in [3.05, 3.63) is 47.5 Å². The summed E-state index contributed by atoms with van der Waals surface area (Å²) in [6.45, 7) is 1.92. The highest BCUT2D eigenvalue weighted by atomic mass is 32.1. The standard InChI is InChI=1S/C19H18N2O5S/c1-11-9-12(17(21-25-4)18(22)24-3)16-15(10-11)27-19(20-16)26-14-8-6-5-7-13(14)23-2/h5-10H,1-4H3. The molecule has 7 nitrogen and oxygen atoms in total. The third-order valence-corrected chi connectivity index (χ3v) is 4.58. The van der Waals surface area contributed by atoms with E-state index in [1.54, 1.807) is 19.2 Å². The van der Waals surface area contributed by atoms with Gasteiger partial charge in [-0.2, -0.15) is 0 Å². The van der Waals surface area contributed by atoms with Crippen LogP contribution < -0.4 is 9.47 Å². The summed E-state index contributed by atoms with van der Waals surface area (Å²) >= 11 is 1.36. The molecule has 140 valence electrons. The summed E-state index contributed by atoms with van der Waals surface area (Å²) in [6.07, 6.45) is 0. The molecule has 1 aromatic heterocycles. The van der Waals surface area contributed by atoms with Crippen LogP contribution in [0.5, 0.6) is 16.7 Å². The van der Waals surface area contributed by atoms with Gasteiger partial charge in [0.1, 0.15) is 7.11 Å². The monoisotopic (exact) mass is 386 g/mol. The number of hydrogen-bond acceptors (Lipinski definition) is 8. The van der Waals surface area contributed by atoms with Gasteiger partial charge < -0.3 is 19.0 Å². The molecule has 2 aromatic carbocycles. The van der Waals surface area contributed by atoms with E-state index in [2.05, 4.69) is 10.1 Å². The zero-order valence-corrected chi connectivity index (χ0v) is 16.1. The summed E-state index contributed by atoms with van der Waals surface area (Å²) in [7, 11) is 4.23. The van der Waals surface area contributed by atoms with E-state index in [1.807, 2.05) is 31.2 Å². The maximum absolute atomic E-state index is 12.1. The Hall–Kier alpha value is -3.13. The Morgan fingerprint density at radius 2 is 1.85 bits per heavy atom. The summed E-state index contributed by atoms with van der Waals surface area (Å²) in [5.41, 5.74) is 2.09. The fourth-order valence-corrected chi connectivity index (χ4v) is 3.51. The smallest absolute Gasteiger partial charge is 0.360 e. The van der Waals surface area contributed by atoms with Crippen molar-refractivity contribution in [1.82, 2.24) is 4.98 Å². The van der Waals surface area contributed by atoms with E-state index >= 15 is 0 Å². The number of thiazole rings is 1. The SMILES string of the molecule is CON=C(C(=O)OC)c1cc(C)cc2sc(Oc3ccccc3OC)nc12. The lowest BCUT2D eigenvalue weighted by Gasteiger charge is -2.07. The molecule has 0 atom stereocenters. The number of ether oxygens (including phenoxy) is 3. The van der Waals surface area contributed by atoms with Gasteiger partial charge in [0.05, 0.1) is 24.4 Å². The van der Waals surface area contributed by atoms with Crippen molar-refractivity contribution in [3.63, 3.8) is 0 Å². The fourth-order valence-electron chi connectivity index (χ4n) is 2.55. The van der Waals surface area contributed by atoms with Crippen LogP contribution in [-0.2, 0) is 14.4 Å². The Morgan fingerprint density at radius 3 is 2.52 bits per heavy atom. The Morgan fingerprint density at radius 1 is 1.11 bits per heavy atom. The third kappa shape index (κ3) is 3.85. The van der Waals surface area contributed by atoms with Crippen LogP contribution in [0.4, 0.5) is 0 Å². The minimum atomic E-state index is -0.607. The van der Waals surface area contributed by atoms with Crippen LogP contribution >= 0.6 is 11.3 Å². The van der Waals surface area contributed by atoms with Crippen molar-refractivity contribution in [3.8, 4) is 16.7 Å². The van der Waals surface area contributed by atoms with Crippen molar-refractivity contribution in [2.45, 2.75) is 6.92 Å². The summed E-state index contributed by atoms with van der Waals surface area (Å²) in [4.78, 5) is 21.5. The Kier molecular flexibility index (Phi) is 5.56. The van der Waals surface area contributed by atoms with E-state index in [1.165, 1.54) is 25.6 Å². The number of rotatable bonds is 6. The minimum absolute atomic E-state index is 0.0443. The van der Waals surface area contributed by atoms with Crippen LogP contribution in [0.25, 0.3) is 10.2 Å². The maximum atomic E-state index is 12.1. The molecule has 0 bridgehead atoms. The number of fused-ring (bicyclic) bond motifs is 1. The van der Waals surface area contributed by atoms with Gasteiger partial charge in [-0.1, -0.05) is 28.6 Å². The zero-order valence-electron chi connectivity index (χ0n) is 15.3. The highest BCUT2D eigenvalue weighted by molar-refractivity contribution is 7.20. The quantitative estimate of drug-likeness (QED) is 0.363.